The summed E-state index contributed by atoms with van der Waals surface area (Å²) in [6.07, 6.45) is 0. The Kier molecular flexibility index (Phi) is 4.42. The number of hydrogen-bond acceptors (Lipinski definition) is 3. The van der Waals surface area contributed by atoms with Crippen LogP contribution in [0.15, 0.2) is 42.5 Å². The number of aromatic hydroxyl groups is 1. The van der Waals surface area contributed by atoms with Gasteiger partial charge in [0.2, 0.25) is 5.91 Å². The van der Waals surface area contributed by atoms with Gasteiger partial charge >= 0.3 is 0 Å². The van der Waals surface area contributed by atoms with Gasteiger partial charge in [0, 0.05) is 18.7 Å². The van der Waals surface area contributed by atoms with Crippen molar-refractivity contribution in [3.63, 3.8) is 0 Å². The fourth-order valence-electron chi connectivity index (χ4n) is 2.03. The molecule has 2 aromatic rings. The van der Waals surface area contributed by atoms with Crippen LogP contribution >= 0.6 is 0 Å². The predicted molar refractivity (Wildman–Crippen MR) is 80.8 cm³/mol. The molecule has 0 fully saturated rings. The smallest absolute Gasteiger partial charge is 0.221 e. The van der Waals surface area contributed by atoms with Gasteiger partial charge in [-0.2, -0.15) is 0 Å². The molecule has 1 unspecified atom stereocenters. The zero-order valence-electron chi connectivity index (χ0n) is 11.9. The van der Waals surface area contributed by atoms with E-state index in [-0.39, 0.29) is 23.4 Å². The molecule has 0 spiro atoms. The first-order chi connectivity index (χ1) is 9.95. The number of hydrogen-bond donors (Lipinski definition) is 3. The molecule has 2 rings (SSSR count). The molecule has 0 bridgehead atoms. The maximum absolute atomic E-state index is 13.6. The summed E-state index contributed by atoms with van der Waals surface area (Å²) in [7, 11) is 0. The molecule has 1 atom stereocenters. The molecule has 0 radical (unpaired) electrons. The summed E-state index contributed by atoms with van der Waals surface area (Å²) >= 11 is 0. The number of rotatable bonds is 4. The highest BCUT2D eigenvalue weighted by Gasteiger charge is 2.09. The average molecular weight is 288 g/mol. The third-order valence-corrected chi connectivity index (χ3v) is 3.03. The van der Waals surface area contributed by atoms with Crippen LogP contribution in [0.4, 0.5) is 15.8 Å². The minimum Gasteiger partial charge on any atom is -0.508 e. The van der Waals surface area contributed by atoms with Gasteiger partial charge in [-0.25, -0.2) is 4.39 Å². The molecule has 0 aromatic heterocycles. The number of halogens is 1. The molecule has 0 saturated heterocycles. The van der Waals surface area contributed by atoms with Crippen LogP contribution < -0.4 is 10.6 Å². The molecule has 110 valence electrons. The number of nitrogens with one attached hydrogen (secondary N) is 2. The number of benzene rings is 2. The van der Waals surface area contributed by atoms with E-state index in [1.165, 1.54) is 19.1 Å². The summed E-state index contributed by atoms with van der Waals surface area (Å²) in [6, 6.07) is 11.3. The van der Waals surface area contributed by atoms with Crippen molar-refractivity contribution in [1.82, 2.24) is 0 Å². The highest BCUT2D eigenvalue weighted by atomic mass is 19.1. The molecule has 5 heteroatoms. The number of carbonyl (C=O) groups is 1. The Morgan fingerprint density at radius 1 is 1.24 bits per heavy atom. The number of amides is 1. The van der Waals surface area contributed by atoms with Gasteiger partial charge in [-0.15, -0.1) is 0 Å². The van der Waals surface area contributed by atoms with Crippen LogP contribution in [0.3, 0.4) is 0 Å². The molecule has 0 heterocycles. The van der Waals surface area contributed by atoms with E-state index in [4.69, 9.17) is 0 Å². The van der Waals surface area contributed by atoms with Gasteiger partial charge in [-0.1, -0.05) is 12.1 Å². The van der Waals surface area contributed by atoms with Gasteiger partial charge in [0.05, 0.1) is 5.69 Å². The molecule has 0 aliphatic heterocycles. The molecular formula is C16H17FN2O2. The van der Waals surface area contributed by atoms with Crippen molar-refractivity contribution in [2.24, 2.45) is 0 Å². The van der Waals surface area contributed by atoms with Crippen molar-refractivity contribution in [2.45, 2.75) is 19.9 Å². The van der Waals surface area contributed by atoms with Crippen LogP contribution in [0, 0.1) is 5.82 Å². The molecule has 0 aliphatic rings. The van der Waals surface area contributed by atoms with E-state index in [1.807, 2.05) is 13.0 Å². The lowest BCUT2D eigenvalue weighted by atomic mass is 10.1. The fourth-order valence-corrected chi connectivity index (χ4v) is 2.03. The van der Waals surface area contributed by atoms with E-state index < -0.39 is 5.82 Å². The van der Waals surface area contributed by atoms with Gasteiger partial charge in [-0.3, -0.25) is 4.79 Å². The first-order valence-electron chi connectivity index (χ1n) is 6.58. The van der Waals surface area contributed by atoms with Crippen molar-refractivity contribution in [2.75, 3.05) is 10.6 Å². The maximum atomic E-state index is 13.6. The first kappa shape index (κ1) is 14.8. The van der Waals surface area contributed by atoms with Crippen LogP contribution in [-0.2, 0) is 4.79 Å². The Bertz CT molecular complexity index is 658. The molecular weight excluding hydrogens is 271 g/mol. The summed E-state index contributed by atoms with van der Waals surface area (Å²) in [4.78, 5) is 11.0. The van der Waals surface area contributed by atoms with E-state index in [1.54, 1.807) is 24.3 Å². The predicted octanol–water partition coefficient (Wildman–Crippen LogP) is 3.66. The summed E-state index contributed by atoms with van der Waals surface area (Å²) in [5, 5.41) is 15.1. The van der Waals surface area contributed by atoms with E-state index in [9.17, 15) is 14.3 Å². The Labute approximate surface area is 122 Å². The number of phenols is 1. The SMILES string of the molecule is CC(=O)Nc1cc(NC(C)c2cccc(O)c2)ccc1F. The van der Waals surface area contributed by atoms with E-state index >= 15 is 0 Å². The van der Waals surface area contributed by atoms with Crippen molar-refractivity contribution in [3.8, 4) is 5.75 Å². The zero-order chi connectivity index (χ0) is 15.4. The Balaban J connectivity index is 2.17. The summed E-state index contributed by atoms with van der Waals surface area (Å²) < 4.78 is 13.6. The second kappa shape index (κ2) is 6.26. The van der Waals surface area contributed by atoms with Crippen LogP contribution in [0.5, 0.6) is 5.75 Å². The van der Waals surface area contributed by atoms with Gasteiger partial charge in [0.15, 0.2) is 0 Å². The monoisotopic (exact) mass is 288 g/mol. The van der Waals surface area contributed by atoms with Crippen molar-refractivity contribution >= 4 is 17.3 Å². The molecule has 2 aromatic carbocycles. The van der Waals surface area contributed by atoms with E-state index in [0.29, 0.717) is 5.69 Å². The van der Waals surface area contributed by atoms with Gasteiger partial charge in [-0.05, 0) is 42.8 Å². The molecule has 1 amide bonds. The molecule has 0 aliphatic carbocycles. The topological polar surface area (TPSA) is 61.4 Å². The van der Waals surface area contributed by atoms with Crippen LogP contribution in [0.2, 0.25) is 0 Å². The highest BCUT2D eigenvalue weighted by molar-refractivity contribution is 5.89. The van der Waals surface area contributed by atoms with Crippen molar-refractivity contribution in [1.29, 1.82) is 0 Å². The third-order valence-electron chi connectivity index (χ3n) is 3.03. The van der Waals surface area contributed by atoms with Gasteiger partial charge in [0.1, 0.15) is 11.6 Å². The lowest BCUT2D eigenvalue weighted by Gasteiger charge is -2.17. The van der Waals surface area contributed by atoms with E-state index in [2.05, 4.69) is 10.6 Å². The Morgan fingerprint density at radius 2 is 2.00 bits per heavy atom. The minimum atomic E-state index is -0.485. The van der Waals surface area contributed by atoms with Crippen molar-refractivity contribution < 1.29 is 14.3 Å². The average Bonchev–Trinajstić information content (AvgIpc) is 2.42. The number of anilines is 2. The summed E-state index contributed by atoms with van der Waals surface area (Å²) in [5.74, 6) is -0.618. The Hall–Kier alpha value is -2.56. The molecule has 3 N–H and O–H groups in total. The first-order valence-corrected chi connectivity index (χ1v) is 6.58. The Morgan fingerprint density at radius 3 is 2.67 bits per heavy atom. The van der Waals surface area contributed by atoms with Crippen molar-refractivity contribution in [3.05, 3.63) is 53.8 Å². The summed E-state index contributed by atoms with van der Waals surface area (Å²) in [5.41, 5.74) is 1.71. The lowest BCUT2D eigenvalue weighted by molar-refractivity contribution is -0.114. The number of carbonyl (C=O) groups excluding carboxylic acids is 1. The van der Waals surface area contributed by atoms with Crippen LogP contribution in [0.25, 0.3) is 0 Å². The largest absolute Gasteiger partial charge is 0.508 e. The third kappa shape index (κ3) is 3.95. The van der Waals surface area contributed by atoms with Crippen LogP contribution in [0.1, 0.15) is 25.5 Å². The minimum absolute atomic E-state index is 0.0762. The zero-order valence-corrected chi connectivity index (χ0v) is 11.9. The quantitative estimate of drug-likeness (QED) is 0.804. The summed E-state index contributed by atoms with van der Waals surface area (Å²) in [6.45, 7) is 3.26. The van der Waals surface area contributed by atoms with Crippen LogP contribution in [-0.4, -0.2) is 11.0 Å². The van der Waals surface area contributed by atoms with Gasteiger partial charge < -0.3 is 15.7 Å². The fraction of sp³-hybridized carbons (Fsp3) is 0.188. The molecule has 21 heavy (non-hydrogen) atoms. The normalized spacial score (nSPS) is 11.8. The lowest BCUT2D eigenvalue weighted by Crippen LogP contribution is -2.10. The maximum Gasteiger partial charge on any atom is 0.221 e. The standard InChI is InChI=1S/C16H17FN2O2/c1-10(12-4-3-5-14(21)8-12)18-13-6-7-15(17)16(9-13)19-11(2)20/h3-10,18,21H,1-2H3,(H,19,20). The second-order valence-electron chi connectivity index (χ2n) is 4.84. The number of phenolic OH excluding ortho intramolecular Hbond substituents is 1. The highest BCUT2D eigenvalue weighted by Crippen LogP contribution is 2.25. The van der Waals surface area contributed by atoms with Gasteiger partial charge in [0.25, 0.3) is 0 Å². The second-order valence-corrected chi connectivity index (χ2v) is 4.84. The molecule has 4 nitrogen and oxygen atoms in total. The van der Waals surface area contributed by atoms with E-state index in [0.717, 1.165) is 5.56 Å². The molecule has 0 saturated carbocycles.